The van der Waals surface area contributed by atoms with Gasteiger partial charge in [0.2, 0.25) is 0 Å². The number of hydrogen-bond acceptors (Lipinski definition) is 3. The molecule has 1 unspecified atom stereocenters. The lowest BCUT2D eigenvalue weighted by molar-refractivity contribution is -0.149. The molecule has 0 heterocycles. The molecule has 0 radical (unpaired) electrons. The zero-order chi connectivity index (χ0) is 13.4. The first-order valence-electron chi connectivity index (χ1n) is 6.60. The van der Waals surface area contributed by atoms with Gasteiger partial charge >= 0.3 is 5.97 Å². The Kier molecular flexibility index (Phi) is 5.86. The average Bonchev–Trinajstić information content (AvgIpc) is 2.43. The number of esters is 1. The van der Waals surface area contributed by atoms with Crippen LogP contribution in [-0.4, -0.2) is 19.6 Å². The number of methoxy groups -OCH3 is 1. The highest BCUT2D eigenvalue weighted by Crippen LogP contribution is 2.28. The molecule has 0 spiro atoms. The monoisotopic (exact) mass is 249 g/mol. The second kappa shape index (κ2) is 7.17. The van der Waals surface area contributed by atoms with E-state index in [1.165, 1.54) is 7.11 Å². The van der Waals surface area contributed by atoms with Gasteiger partial charge in [-0.2, -0.15) is 0 Å². The summed E-state index contributed by atoms with van der Waals surface area (Å²) in [6, 6.07) is 9.83. The predicted molar refractivity (Wildman–Crippen MR) is 73.3 cm³/mol. The lowest BCUT2D eigenvalue weighted by Gasteiger charge is -2.32. The van der Waals surface area contributed by atoms with Crippen molar-refractivity contribution in [2.45, 2.75) is 38.6 Å². The molecule has 0 aliphatic carbocycles. The molecule has 1 aromatic rings. The summed E-state index contributed by atoms with van der Waals surface area (Å²) in [5.41, 5.74) is 0.271. The summed E-state index contributed by atoms with van der Waals surface area (Å²) < 4.78 is 5.02. The first-order valence-corrected chi connectivity index (χ1v) is 6.60. The number of nitrogens with one attached hydrogen (secondary N) is 1. The number of benzene rings is 1. The number of ether oxygens (including phenoxy) is 1. The highest BCUT2D eigenvalue weighted by molar-refractivity contribution is 5.82. The Labute approximate surface area is 110 Å². The summed E-state index contributed by atoms with van der Waals surface area (Å²) in [6.45, 7) is 4.96. The largest absolute Gasteiger partial charge is 0.467 e. The third-order valence-electron chi connectivity index (χ3n) is 3.10. The van der Waals surface area contributed by atoms with Gasteiger partial charge in [0.05, 0.1) is 7.11 Å². The van der Waals surface area contributed by atoms with Gasteiger partial charge in [0.1, 0.15) is 5.54 Å². The van der Waals surface area contributed by atoms with Crippen molar-refractivity contribution >= 4 is 5.97 Å². The minimum atomic E-state index is -0.708. The van der Waals surface area contributed by atoms with Crippen LogP contribution in [-0.2, 0) is 15.1 Å². The molecule has 0 fully saturated rings. The van der Waals surface area contributed by atoms with Crippen LogP contribution in [0, 0.1) is 0 Å². The summed E-state index contributed by atoms with van der Waals surface area (Å²) >= 11 is 0. The number of carbonyl (C=O) groups is 1. The van der Waals surface area contributed by atoms with Gasteiger partial charge < -0.3 is 4.74 Å². The van der Waals surface area contributed by atoms with Crippen LogP contribution in [0.3, 0.4) is 0 Å². The number of carbonyl (C=O) groups excluding carboxylic acids is 1. The molecule has 3 nitrogen and oxygen atoms in total. The van der Waals surface area contributed by atoms with Crippen LogP contribution >= 0.6 is 0 Å². The molecule has 1 N–H and O–H groups in total. The molecule has 3 heteroatoms. The van der Waals surface area contributed by atoms with Crippen molar-refractivity contribution in [1.82, 2.24) is 5.32 Å². The minimum Gasteiger partial charge on any atom is -0.467 e. The van der Waals surface area contributed by atoms with E-state index in [0.717, 1.165) is 31.4 Å². The molecule has 0 amide bonds. The number of hydrogen-bond donors (Lipinski definition) is 1. The predicted octanol–water partition coefficient (Wildman–Crippen LogP) is 2.85. The molecule has 0 aliphatic heterocycles. The van der Waals surface area contributed by atoms with Gasteiger partial charge in [0.15, 0.2) is 0 Å². The highest BCUT2D eigenvalue weighted by atomic mass is 16.5. The maximum Gasteiger partial charge on any atom is 0.330 e. The zero-order valence-corrected chi connectivity index (χ0v) is 11.5. The van der Waals surface area contributed by atoms with E-state index in [4.69, 9.17) is 4.74 Å². The van der Waals surface area contributed by atoms with Gasteiger partial charge in [0, 0.05) is 0 Å². The van der Waals surface area contributed by atoms with Crippen LogP contribution in [0.15, 0.2) is 30.3 Å². The number of rotatable bonds is 7. The van der Waals surface area contributed by atoms with Crippen molar-refractivity contribution in [3.8, 4) is 0 Å². The molecule has 0 aromatic heterocycles. The summed E-state index contributed by atoms with van der Waals surface area (Å²) in [7, 11) is 1.45. The Hall–Kier alpha value is -1.35. The van der Waals surface area contributed by atoms with Crippen molar-refractivity contribution in [1.29, 1.82) is 0 Å². The fourth-order valence-corrected chi connectivity index (χ4v) is 2.24. The normalized spacial score (nSPS) is 13.9. The van der Waals surface area contributed by atoms with E-state index in [1.807, 2.05) is 30.3 Å². The van der Waals surface area contributed by atoms with E-state index >= 15 is 0 Å². The molecular formula is C15H23NO2. The maximum absolute atomic E-state index is 12.2. The van der Waals surface area contributed by atoms with Crippen LogP contribution in [0.4, 0.5) is 0 Å². The first-order chi connectivity index (χ1) is 8.71. The molecule has 0 aliphatic rings. The first kappa shape index (κ1) is 14.7. The SMILES string of the molecule is CCCNC(CCC)(C(=O)OC)c1ccccc1. The van der Waals surface area contributed by atoms with Crippen molar-refractivity contribution < 1.29 is 9.53 Å². The minimum absolute atomic E-state index is 0.205. The Morgan fingerprint density at radius 2 is 1.89 bits per heavy atom. The Morgan fingerprint density at radius 3 is 2.39 bits per heavy atom. The van der Waals surface area contributed by atoms with Crippen molar-refractivity contribution in [2.24, 2.45) is 0 Å². The molecule has 0 bridgehead atoms. The average molecular weight is 249 g/mol. The third kappa shape index (κ3) is 3.10. The van der Waals surface area contributed by atoms with E-state index < -0.39 is 5.54 Å². The van der Waals surface area contributed by atoms with Crippen molar-refractivity contribution in [3.05, 3.63) is 35.9 Å². The quantitative estimate of drug-likeness (QED) is 0.755. The summed E-state index contributed by atoms with van der Waals surface area (Å²) in [6.07, 6.45) is 2.64. The second-order valence-electron chi connectivity index (χ2n) is 4.44. The van der Waals surface area contributed by atoms with E-state index in [-0.39, 0.29) is 5.97 Å². The van der Waals surface area contributed by atoms with Crippen LogP contribution in [0.5, 0.6) is 0 Å². The molecule has 0 saturated heterocycles. The topological polar surface area (TPSA) is 38.3 Å². The van der Waals surface area contributed by atoms with Gasteiger partial charge in [-0.3, -0.25) is 5.32 Å². The van der Waals surface area contributed by atoms with E-state index in [0.29, 0.717) is 0 Å². The fraction of sp³-hybridized carbons (Fsp3) is 0.533. The summed E-state index contributed by atoms with van der Waals surface area (Å²) in [5, 5.41) is 3.38. The highest BCUT2D eigenvalue weighted by Gasteiger charge is 2.39. The summed E-state index contributed by atoms with van der Waals surface area (Å²) in [4.78, 5) is 12.2. The molecule has 1 rings (SSSR count). The standard InChI is InChI=1S/C15H23NO2/c1-4-11-15(14(17)18-3,16-12-5-2)13-9-7-6-8-10-13/h6-10,16H,4-5,11-12H2,1-3H3. The van der Waals surface area contributed by atoms with Crippen molar-refractivity contribution in [2.75, 3.05) is 13.7 Å². The second-order valence-corrected chi connectivity index (χ2v) is 4.44. The van der Waals surface area contributed by atoms with Crippen LogP contribution in [0.2, 0.25) is 0 Å². The van der Waals surface area contributed by atoms with Crippen molar-refractivity contribution in [3.63, 3.8) is 0 Å². The molecule has 100 valence electrons. The van der Waals surface area contributed by atoms with Gasteiger partial charge in [0.25, 0.3) is 0 Å². The van der Waals surface area contributed by atoms with Crippen LogP contribution < -0.4 is 5.32 Å². The van der Waals surface area contributed by atoms with Crippen LogP contribution in [0.25, 0.3) is 0 Å². The van der Waals surface area contributed by atoms with Crippen LogP contribution in [0.1, 0.15) is 38.7 Å². The Balaban J connectivity index is 3.15. The van der Waals surface area contributed by atoms with Gasteiger partial charge in [-0.15, -0.1) is 0 Å². The molecule has 1 aromatic carbocycles. The summed E-state index contributed by atoms with van der Waals surface area (Å²) in [5.74, 6) is -0.205. The Morgan fingerprint density at radius 1 is 1.22 bits per heavy atom. The zero-order valence-electron chi connectivity index (χ0n) is 11.5. The Bertz CT molecular complexity index is 364. The van der Waals surface area contributed by atoms with E-state index in [9.17, 15) is 4.79 Å². The molecular weight excluding hydrogens is 226 g/mol. The molecule has 1 atom stereocenters. The lowest BCUT2D eigenvalue weighted by Crippen LogP contribution is -2.50. The van der Waals surface area contributed by atoms with E-state index in [2.05, 4.69) is 19.2 Å². The smallest absolute Gasteiger partial charge is 0.330 e. The lowest BCUT2D eigenvalue weighted by atomic mass is 9.85. The third-order valence-corrected chi connectivity index (χ3v) is 3.10. The van der Waals surface area contributed by atoms with E-state index in [1.54, 1.807) is 0 Å². The van der Waals surface area contributed by atoms with Gasteiger partial charge in [-0.25, -0.2) is 4.79 Å². The van der Waals surface area contributed by atoms with Gasteiger partial charge in [-0.1, -0.05) is 50.6 Å². The molecule has 0 saturated carbocycles. The van der Waals surface area contributed by atoms with Gasteiger partial charge in [-0.05, 0) is 24.9 Å². The molecule has 18 heavy (non-hydrogen) atoms. The fourth-order valence-electron chi connectivity index (χ4n) is 2.24. The maximum atomic E-state index is 12.2.